The van der Waals surface area contributed by atoms with E-state index in [4.69, 9.17) is 5.11 Å². The van der Waals surface area contributed by atoms with Gasteiger partial charge < -0.3 is 41.9 Å². The molecule has 0 rings (SSSR count). The smallest absolute Gasteiger partial charge is 0.441 e. The number of aliphatic hydroxyl groups excluding tert-OH is 2. The molecule has 0 heterocycles. The summed E-state index contributed by atoms with van der Waals surface area (Å²) in [6, 6.07) is -5.59. The van der Waals surface area contributed by atoms with Crippen LogP contribution in [-0.2, 0) is 28.8 Å². The van der Waals surface area contributed by atoms with E-state index in [9.17, 15) is 52.2 Å². The molecule has 18 heteroatoms. The summed E-state index contributed by atoms with van der Waals surface area (Å²) in [4.78, 5) is 76.0. The number of aliphatic carboxylic acids is 1. The van der Waals surface area contributed by atoms with Crippen LogP contribution in [0.5, 0.6) is 0 Å². The second kappa shape index (κ2) is 23.5. The molecule has 0 aliphatic rings. The summed E-state index contributed by atoms with van der Waals surface area (Å²) in [6.45, 7) is 15.4. The number of nitrogens with one attached hydrogen (secondary N) is 5. The van der Waals surface area contributed by atoms with E-state index in [1.165, 1.54) is 6.92 Å². The van der Waals surface area contributed by atoms with Crippen molar-refractivity contribution in [2.45, 2.75) is 149 Å². The molecular formula is C34H60F3N5O9S. The van der Waals surface area contributed by atoms with E-state index in [-0.39, 0.29) is 55.2 Å². The Morgan fingerprint density at radius 3 is 1.54 bits per heavy atom. The Morgan fingerprint density at radius 2 is 1.10 bits per heavy atom. The Labute approximate surface area is 309 Å². The first-order valence-corrected chi connectivity index (χ1v) is 18.6. The third kappa shape index (κ3) is 21.4. The normalized spacial score (nSPS) is 16.0. The second-order valence-electron chi connectivity index (χ2n) is 14.7. The van der Waals surface area contributed by atoms with Crippen molar-refractivity contribution < 1.29 is 57.3 Å². The molecule has 7 atom stereocenters. The van der Waals surface area contributed by atoms with Gasteiger partial charge in [-0.25, -0.2) is 0 Å². The zero-order chi connectivity index (χ0) is 40.5. The van der Waals surface area contributed by atoms with Gasteiger partial charge in [0.05, 0.1) is 37.1 Å². The highest BCUT2D eigenvalue weighted by Crippen LogP contribution is 2.30. The number of hydrogen-bond donors (Lipinski definition) is 8. The zero-order valence-electron chi connectivity index (χ0n) is 31.6. The quantitative estimate of drug-likeness (QED) is 0.0716. The summed E-state index contributed by atoms with van der Waals surface area (Å²) >= 11 is -0.337. The van der Waals surface area contributed by atoms with E-state index in [0.717, 1.165) is 0 Å². The van der Waals surface area contributed by atoms with Gasteiger partial charge in [-0.2, -0.15) is 13.2 Å². The van der Waals surface area contributed by atoms with E-state index >= 15 is 0 Å². The summed E-state index contributed by atoms with van der Waals surface area (Å²) < 4.78 is 38.4. The van der Waals surface area contributed by atoms with Crippen LogP contribution in [0.1, 0.15) is 101 Å². The molecule has 8 N–H and O–H groups in total. The lowest BCUT2D eigenvalue weighted by Crippen LogP contribution is -2.58. The molecule has 0 fully saturated rings. The molecule has 302 valence electrons. The molecule has 0 bridgehead atoms. The van der Waals surface area contributed by atoms with Crippen LogP contribution in [0.3, 0.4) is 0 Å². The summed E-state index contributed by atoms with van der Waals surface area (Å²) in [5, 5.41) is 43.1. The fourth-order valence-electron chi connectivity index (χ4n) is 5.21. The molecular weight excluding hydrogens is 711 g/mol. The van der Waals surface area contributed by atoms with Gasteiger partial charge >= 0.3 is 11.5 Å². The monoisotopic (exact) mass is 771 g/mol. The Bertz CT molecular complexity index is 1170. The lowest BCUT2D eigenvalue weighted by atomic mass is 9.95. The van der Waals surface area contributed by atoms with Gasteiger partial charge in [0.1, 0.15) is 18.1 Å². The molecule has 0 saturated heterocycles. The minimum atomic E-state index is -4.54. The number of carboxylic acids is 1. The van der Waals surface area contributed by atoms with Crippen LogP contribution in [0.15, 0.2) is 0 Å². The van der Waals surface area contributed by atoms with E-state index in [1.807, 2.05) is 27.7 Å². The number of thioether (sulfide) groups is 1. The van der Waals surface area contributed by atoms with Crippen molar-refractivity contribution >= 4 is 47.3 Å². The van der Waals surface area contributed by atoms with Crippen molar-refractivity contribution in [3.63, 3.8) is 0 Å². The molecule has 0 aromatic carbocycles. The lowest BCUT2D eigenvalue weighted by Gasteiger charge is -2.30. The number of rotatable bonds is 24. The average Bonchev–Trinajstić information content (AvgIpc) is 2.96. The van der Waals surface area contributed by atoms with E-state index in [1.54, 1.807) is 27.7 Å². The summed E-state index contributed by atoms with van der Waals surface area (Å²) in [5.41, 5.74) is -4.54. The first-order valence-electron chi connectivity index (χ1n) is 17.6. The van der Waals surface area contributed by atoms with E-state index in [0.29, 0.717) is 0 Å². The Balaban J connectivity index is 5.74. The molecule has 0 aromatic heterocycles. The van der Waals surface area contributed by atoms with E-state index < -0.39 is 108 Å². The fourth-order valence-corrected chi connectivity index (χ4v) is 5.80. The molecule has 0 aliphatic carbocycles. The van der Waals surface area contributed by atoms with Gasteiger partial charge in [-0.3, -0.25) is 28.8 Å². The molecule has 0 aromatic rings. The molecule has 0 spiro atoms. The van der Waals surface area contributed by atoms with Gasteiger partial charge in [0.15, 0.2) is 0 Å². The zero-order valence-corrected chi connectivity index (χ0v) is 32.5. The summed E-state index contributed by atoms with van der Waals surface area (Å²) in [7, 11) is 0. The second-order valence-corrected chi connectivity index (χ2v) is 15.9. The van der Waals surface area contributed by atoms with Gasteiger partial charge in [-0.1, -0.05) is 67.2 Å². The number of alkyl halides is 3. The number of carboxylic acid groups (broad SMARTS) is 1. The topological polar surface area (TPSA) is 223 Å². The maximum atomic E-state index is 13.5. The molecule has 0 unspecified atom stereocenters. The predicted octanol–water partition coefficient (Wildman–Crippen LogP) is 2.45. The Hall–Kier alpha value is -3.12. The van der Waals surface area contributed by atoms with Crippen LogP contribution in [0.2, 0.25) is 0 Å². The number of amides is 5. The Kier molecular flexibility index (Phi) is 22.1. The largest absolute Gasteiger partial charge is 0.481 e. The predicted molar refractivity (Wildman–Crippen MR) is 191 cm³/mol. The highest BCUT2D eigenvalue weighted by molar-refractivity contribution is 8.00. The van der Waals surface area contributed by atoms with Gasteiger partial charge in [-0.05, 0) is 49.9 Å². The van der Waals surface area contributed by atoms with Crippen LogP contribution < -0.4 is 26.6 Å². The molecule has 0 saturated carbocycles. The van der Waals surface area contributed by atoms with Gasteiger partial charge in [0.2, 0.25) is 29.5 Å². The van der Waals surface area contributed by atoms with Gasteiger partial charge in [0.25, 0.3) is 0 Å². The van der Waals surface area contributed by atoms with Crippen LogP contribution in [0.25, 0.3) is 0 Å². The van der Waals surface area contributed by atoms with Crippen LogP contribution in [-0.4, -0.2) is 105 Å². The molecule has 14 nitrogen and oxygen atoms in total. The highest BCUT2D eigenvalue weighted by Gasteiger charge is 2.34. The van der Waals surface area contributed by atoms with Crippen molar-refractivity contribution in [3.05, 3.63) is 0 Å². The molecule has 0 radical (unpaired) electrons. The molecule has 0 aliphatic heterocycles. The Morgan fingerprint density at radius 1 is 0.615 bits per heavy atom. The maximum Gasteiger partial charge on any atom is 0.441 e. The minimum Gasteiger partial charge on any atom is -0.481 e. The van der Waals surface area contributed by atoms with Crippen molar-refractivity contribution in [3.8, 4) is 0 Å². The maximum absolute atomic E-state index is 13.5. The number of carbonyl (C=O) groups is 6. The fraction of sp³-hybridized carbons (Fsp3) is 0.824. The minimum absolute atomic E-state index is 0.00452. The number of carbonyl (C=O) groups excluding carboxylic acids is 5. The number of aliphatic hydroxyl groups is 2. The number of halogens is 3. The van der Waals surface area contributed by atoms with Crippen molar-refractivity contribution in [2.75, 3.05) is 5.75 Å². The third-order valence-electron chi connectivity index (χ3n) is 7.75. The number of hydrogen-bond acceptors (Lipinski definition) is 9. The van der Waals surface area contributed by atoms with Crippen LogP contribution in [0, 0.1) is 23.7 Å². The van der Waals surface area contributed by atoms with E-state index in [2.05, 4.69) is 26.6 Å². The van der Waals surface area contributed by atoms with Gasteiger partial charge in [-0.15, -0.1) is 0 Å². The van der Waals surface area contributed by atoms with Crippen molar-refractivity contribution in [1.82, 2.24) is 26.6 Å². The summed E-state index contributed by atoms with van der Waals surface area (Å²) in [5.74, 6) is -5.99. The average molecular weight is 772 g/mol. The van der Waals surface area contributed by atoms with Crippen LogP contribution >= 0.6 is 11.8 Å². The van der Waals surface area contributed by atoms with Crippen molar-refractivity contribution in [2.24, 2.45) is 23.7 Å². The third-order valence-corrected chi connectivity index (χ3v) is 8.52. The standard InChI is InChI=1S/C34H60F3N5O9S/c1-17(2)12-23(25(43)15-28(46)38-21(9)31(49)40-24(13-18(3)4)26(44)16-29(47)48)41-33(51)30(20(7)8)42-32(50)22(10-11-52-34(35,36)37)39-27(45)14-19(5)6/h17-26,30,43-44H,10-16H2,1-9H3,(H,38,46)(H,39,45)(H,40,49)(H,41,51)(H,42,50)(H,47,48)/t21-,22-,23-,24-,25-,26-,30-/m0/s1. The van der Waals surface area contributed by atoms with Crippen molar-refractivity contribution in [1.29, 1.82) is 0 Å². The lowest BCUT2D eigenvalue weighted by molar-refractivity contribution is -0.140. The molecule has 52 heavy (non-hydrogen) atoms. The first kappa shape index (κ1) is 48.9. The van der Waals surface area contributed by atoms with Crippen LogP contribution in [0.4, 0.5) is 13.2 Å². The summed E-state index contributed by atoms with van der Waals surface area (Å²) in [6.07, 6.45) is -3.78. The SMILES string of the molecule is CC(C)CC(=O)N[C@@H](CCSC(F)(F)F)C(=O)N[C@H](C(=O)N[C@@H](CC(C)C)[C@@H](O)CC(=O)N[C@@H](C)C(=O)N[C@@H](CC(C)C)[C@@H](O)CC(=O)O)C(C)C. The van der Waals surface area contributed by atoms with Gasteiger partial charge in [0, 0.05) is 12.2 Å². The molecule has 5 amide bonds. The highest BCUT2D eigenvalue weighted by atomic mass is 32.2. The first-order chi connectivity index (χ1) is 23.8.